The van der Waals surface area contributed by atoms with Crippen LogP contribution in [0.1, 0.15) is 21.5 Å². The second-order valence-electron chi connectivity index (χ2n) is 6.37. The van der Waals surface area contributed by atoms with Crippen LogP contribution in [0.25, 0.3) is 0 Å². The molecule has 3 aromatic rings. The van der Waals surface area contributed by atoms with E-state index in [1.165, 1.54) is 0 Å². The molecule has 0 aliphatic rings. The van der Waals surface area contributed by atoms with Gasteiger partial charge in [0.15, 0.2) is 11.5 Å². The third-order valence-electron chi connectivity index (χ3n) is 4.37. The average Bonchev–Trinajstić information content (AvgIpc) is 2.78. The second kappa shape index (κ2) is 10.1. The molecule has 1 aromatic carbocycles. The fourth-order valence-corrected chi connectivity index (χ4v) is 2.84. The molecule has 7 nitrogen and oxygen atoms in total. The zero-order chi connectivity index (χ0) is 20.5. The summed E-state index contributed by atoms with van der Waals surface area (Å²) in [4.78, 5) is 20.6. The number of hydrogen-bond acceptors (Lipinski definition) is 6. The number of methoxy groups -OCH3 is 2. The lowest BCUT2D eigenvalue weighted by Gasteiger charge is -2.11. The molecule has 3 rings (SSSR count). The number of pyridine rings is 2. The van der Waals surface area contributed by atoms with Gasteiger partial charge in [-0.05, 0) is 41.8 Å². The van der Waals surface area contributed by atoms with E-state index in [9.17, 15) is 4.79 Å². The van der Waals surface area contributed by atoms with E-state index in [1.807, 2.05) is 30.3 Å². The van der Waals surface area contributed by atoms with E-state index < -0.39 is 0 Å². The predicted molar refractivity (Wildman–Crippen MR) is 111 cm³/mol. The lowest BCUT2D eigenvalue weighted by Crippen LogP contribution is -2.23. The van der Waals surface area contributed by atoms with Gasteiger partial charge in [0.1, 0.15) is 0 Å². The first-order chi connectivity index (χ1) is 14.2. The maximum Gasteiger partial charge on any atom is 0.253 e. The van der Waals surface area contributed by atoms with Crippen LogP contribution in [0.15, 0.2) is 61.2 Å². The molecule has 0 unspecified atom stereocenters. The third kappa shape index (κ3) is 5.68. The zero-order valence-corrected chi connectivity index (χ0v) is 16.5. The Morgan fingerprint density at radius 1 is 0.966 bits per heavy atom. The second-order valence-corrected chi connectivity index (χ2v) is 6.37. The Morgan fingerprint density at radius 3 is 2.59 bits per heavy atom. The van der Waals surface area contributed by atoms with Crippen molar-refractivity contribution in [2.75, 3.05) is 26.1 Å². The van der Waals surface area contributed by atoms with Crippen LogP contribution in [-0.4, -0.2) is 36.6 Å². The van der Waals surface area contributed by atoms with E-state index in [-0.39, 0.29) is 5.91 Å². The number of anilines is 1. The van der Waals surface area contributed by atoms with Gasteiger partial charge in [-0.25, -0.2) is 0 Å². The number of aromatic nitrogens is 2. The number of carbonyl (C=O) groups excluding carboxylic acids is 1. The molecule has 0 spiro atoms. The Balaban J connectivity index is 1.54. The highest BCUT2D eigenvalue weighted by Crippen LogP contribution is 2.27. The summed E-state index contributed by atoms with van der Waals surface area (Å²) in [5.74, 6) is 1.24. The number of hydrogen-bond donors (Lipinski definition) is 2. The summed E-state index contributed by atoms with van der Waals surface area (Å²) in [7, 11) is 3.24. The van der Waals surface area contributed by atoms with Gasteiger partial charge < -0.3 is 20.1 Å². The first-order valence-electron chi connectivity index (χ1n) is 9.26. The van der Waals surface area contributed by atoms with Crippen molar-refractivity contribution in [3.63, 3.8) is 0 Å². The molecule has 1 amide bonds. The highest BCUT2D eigenvalue weighted by Gasteiger charge is 2.08. The molecule has 0 saturated heterocycles. The summed E-state index contributed by atoms with van der Waals surface area (Å²) in [5, 5.41) is 6.18. The normalized spacial score (nSPS) is 10.3. The monoisotopic (exact) mass is 392 g/mol. The van der Waals surface area contributed by atoms with Gasteiger partial charge in [0.25, 0.3) is 5.91 Å². The van der Waals surface area contributed by atoms with E-state index in [0.29, 0.717) is 30.2 Å². The van der Waals surface area contributed by atoms with Crippen molar-refractivity contribution in [2.45, 2.75) is 13.0 Å². The maximum atomic E-state index is 12.4. The quantitative estimate of drug-likeness (QED) is 0.582. The molecule has 7 heteroatoms. The summed E-state index contributed by atoms with van der Waals surface area (Å²) in [6.07, 6.45) is 7.47. The first-order valence-corrected chi connectivity index (χ1v) is 9.26. The number of ether oxygens (including phenoxy) is 2. The third-order valence-corrected chi connectivity index (χ3v) is 4.37. The average molecular weight is 392 g/mol. The molecular weight excluding hydrogens is 368 g/mol. The van der Waals surface area contributed by atoms with Crippen LogP contribution in [0.3, 0.4) is 0 Å². The van der Waals surface area contributed by atoms with Crippen LogP contribution in [0, 0.1) is 0 Å². The van der Waals surface area contributed by atoms with Gasteiger partial charge in [-0.2, -0.15) is 0 Å². The Bertz CT molecular complexity index is 948. The van der Waals surface area contributed by atoms with E-state index in [4.69, 9.17) is 9.47 Å². The number of rotatable bonds is 9. The SMILES string of the molecule is COc1ccc(CCNc2cncc(C(=O)NCc3cccnc3)c2)cc1OC. The summed E-state index contributed by atoms with van der Waals surface area (Å²) in [6, 6.07) is 11.4. The molecule has 2 aromatic heterocycles. The van der Waals surface area contributed by atoms with E-state index in [1.54, 1.807) is 45.1 Å². The fourth-order valence-electron chi connectivity index (χ4n) is 2.84. The molecule has 2 N–H and O–H groups in total. The van der Waals surface area contributed by atoms with Gasteiger partial charge in [0.05, 0.1) is 25.5 Å². The van der Waals surface area contributed by atoms with Crippen LogP contribution in [0.2, 0.25) is 0 Å². The van der Waals surface area contributed by atoms with E-state index >= 15 is 0 Å². The van der Waals surface area contributed by atoms with Crippen LogP contribution < -0.4 is 20.1 Å². The number of nitrogens with one attached hydrogen (secondary N) is 2. The van der Waals surface area contributed by atoms with Gasteiger partial charge in [-0.15, -0.1) is 0 Å². The molecule has 29 heavy (non-hydrogen) atoms. The highest BCUT2D eigenvalue weighted by molar-refractivity contribution is 5.94. The lowest BCUT2D eigenvalue weighted by atomic mass is 10.1. The molecule has 0 bridgehead atoms. The first kappa shape index (κ1) is 20.1. The Kier molecular flexibility index (Phi) is 7.00. The molecule has 0 aliphatic heterocycles. The molecule has 0 atom stereocenters. The number of amides is 1. The Labute approximate surface area is 170 Å². The van der Waals surface area contributed by atoms with Crippen molar-refractivity contribution < 1.29 is 14.3 Å². The number of nitrogens with zero attached hydrogens (tertiary/aromatic N) is 2. The number of carbonyl (C=O) groups is 1. The minimum absolute atomic E-state index is 0.176. The standard InChI is InChI=1S/C22H24N4O3/c1-28-20-6-5-16(10-21(20)29-2)7-9-25-19-11-18(14-24-15-19)22(27)26-13-17-4-3-8-23-12-17/h3-6,8,10-12,14-15,25H,7,9,13H2,1-2H3,(H,26,27). The van der Waals surface area contributed by atoms with Gasteiger partial charge in [-0.3, -0.25) is 14.8 Å². The molecule has 0 radical (unpaired) electrons. The van der Waals surface area contributed by atoms with Crippen LogP contribution in [-0.2, 0) is 13.0 Å². The summed E-state index contributed by atoms with van der Waals surface area (Å²) in [6.45, 7) is 1.11. The van der Waals surface area contributed by atoms with Gasteiger partial charge >= 0.3 is 0 Å². The Hall–Kier alpha value is -3.61. The fraction of sp³-hybridized carbons (Fsp3) is 0.227. The highest BCUT2D eigenvalue weighted by atomic mass is 16.5. The molecule has 0 fully saturated rings. The molecule has 150 valence electrons. The number of benzene rings is 1. The molecule has 0 saturated carbocycles. The molecule has 0 aliphatic carbocycles. The minimum Gasteiger partial charge on any atom is -0.493 e. The summed E-state index contributed by atoms with van der Waals surface area (Å²) in [5.41, 5.74) is 3.36. The van der Waals surface area contributed by atoms with E-state index in [2.05, 4.69) is 20.6 Å². The minimum atomic E-state index is -0.176. The van der Waals surface area contributed by atoms with Crippen molar-refractivity contribution in [3.05, 3.63) is 77.9 Å². The van der Waals surface area contributed by atoms with Crippen molar-refractivity contribution in [1.82, 2.24) is 15.3 Å². The van der Waals surface area contributed by atoms with Crippen molar-refractivity contribution >= 4 is 11.6 Å². The summed E-state index contributed by atoms with van der Waals surface area (Å²) < 4.78 is 10.6. The Morgan fingerprint density at radius 2 is 1.83 bits per heavy atom. The van der Waals surface area contributed by atoms with Crippen LogP contribution in [0.4, 0.5) is 5.69 Å². The smallest absolute Gasteiger partial charge is 0.253 e. The maximum absolute atomic E-state index is 12.4. The summed E-state index contributed by atoms with van der Waals surface area (Å²) >= 11 is 0. The van der Waals surface area contributed by atoms with Crippen LogP contribution >= 0.6 is 0 Å². The van der Waals surface area contributed by atoms with Gasteiger partial charge in [0.2, 0.25) is 0 Å². The van der Waals surface area contributed by atoms with Crippen molar-refractivity contribution in [2.24, 2.45) is 0 Å². The van der Waals surface area contributed by atoms with Crippen molar-refractivity contribution in [1.29, 1.82) is 0 Å². The largest absolute Gasteiger partial charge is 0.493 e. The zero-order valence-electron chi connectivity index (χ0n) is 16.5. The van der Waals surface area contributed by atoms with Gasteiger partial charge in [-0.1, -0.05) is 12.1 Å². The van der Waals surface area contributed by atoms with Gasteiger partial charge in [0, 0.05) is 37.9 Å². The van der Waals surface area contributed by atoms with E-state index in [0.717, 1.165) is 23.2 Å². The van der Waals surface area contributed by atoms with Crippen LogP contribution in [0.5, 0.6) is 11.5 Å². The molecule has 2 heterocycles. The predicted octanol–water partition coefficient (Wildman–Crippen LogP) is 3.08. The topological polar surface area (TPSA) is 85.4 Å². The lowest BCUT2D eigenvalue weighted by molar-refractivity contribution is 0.0950. The molecular formula is C22H24N4O3. The van der Waals surface area contributed by atoms with Crippen molar-refractivity contribution in [3.8, 4) is 11.5 Å².